The van der Waals surface area contributed by atoms with E-state index in [2.05, 4.69) is 16.8 Å². The van der Waals surface area contributed by atoms with E-state index in [1.807, 2.05) is 93.8 Å². The first kappa shape index (κ1) is 40.9. The van der Waals surface area contributed by atoms with Crippen LogP contribution < -0.4 is 10.6 Å². The van der Waals surface area contributed by atoms with Crippen LogP contribution in [0.5, 0.6) is 0 Å². The monoisotopic (exact) mass is 646 g/mol. The van der Waals surface area contributed by atoms with Crippen LogP contribution in [0.25, 0.3) is 0 Å². The highest BCUT2D eigenvalue weighted by Crippen LogP contribution is 2.20. The number of halogens is 2. The number of hydrogen-bond donors (Lipinski definition) is 1. The lowest BCUT2D eigenvalue weighted by molar-refractivity contribution is -0.131. The Morgan fingerprint density at radius 2 is 1.59 bits per heavy atom. The van der Waals surface area contributed by atoms with Gasteiger partial charge in [-0.05, 0) is 66.6 Å². The molecular formula is C35H52ClFN4O2S. The zero-order chi connectivity index (χ0) is 33.3. The van der Waals surface area contributed by atoms with E-state index >= 15 is 0 Å². The van der Waals surface area contributed by atoms with Crippen molar-refractivity contribution in [2.24, 2.45) is 10.7 Å². The fourth-order valence-electron chi connectivity index (χ4n) is 4.06. The van der Waals surface area contributed by atoms with Crippen molar-refractivity contribution < 1.29 is 14.0 Å². The summed E-state index contributed by atoms with van der Waals surface area (Å²) in [6.45, 7) is 15.0. The van der Waals surface area contributed by atoms with Crippen LogP contribution in [0.1, 0.15) is 66.4 Å². The highest BCUT2D eigenvalue weighted by molar-refractivity contribution is 7.98. The first-order chi connectivity index (χ1) is 21.3. The van der Waals surface area contributed by atoms with Crippen molar-refractivity contribution in [2.45, 2.75) is 66.6 Å². The van der Waals surface area contributed by atoms with Gasteiger partial charge in [-0.2, -0.15) is 11.8 Å². The van der Waals surface area contributed by atoms with Gasteiger partial charge in [0.25, 0.3) is 0 Å². The summed E-state index contributed by atoms with van der Waals surface area (Å²) in [7, 11) is 1.68. The third-order valence-electron chi connectivity index (χ3n) is 6.34. The minimum Gasteiger partial charge on any atom is -0.368 e. The van der Waals surface area contributed by atoms with Gasteiger partial charge < -0.3 is 15.5 Å². The Morgan fingerprint density at radius 3 is 2.09 bits per heavy atom. The van der Waals surface area contributed by atoms with Crippen LogP contribution in [0.15, 0.2) is 76.8 Å². The molecule has 6 nitrogen and oxygen atoms in total. The Morgan fingerprint density at radius 1 is 1.00 bits per heavy atom. The number of carbonyl (C=O) groups is 2. The van der Waals surface area contributed by atoms with Crippen LogP contribution in [-0.4, -0.2) is 61.9 Å². The van der Waals surface area contributed by atoms with Crippen LogP contribution in [0.4, 0.5) is 10.1 Å². The van der Waals surface area contributed by atoms with Crippen molar-refractivity contribution in [1.29, 1.82) is 0 Å². The molecule has 0 bridgehead atoms. The number of nitrogens with zero attached hydrogens (tertiary/aromatic N) is 3. The molecule has 0 aromatic heterocycles. The Balaban J connectivity index is 0.00000102. The van der Waals surface area contributed by atoms with E-state index in [4.69, 9.17) is 17.3 Å². The second-order valence-corrected chi connectivity index (χ2v) is 10.9. The molecule has 9 heteroatoms. The lowest BCUT2D eigenvalue weighted by Crippen LogP contribution is -2.48. The molecule has 0 atom stereocenters. The van der Waals surface area contributed by atoms with Crippen LogP contribution in [0.2, 0.25) is 5.02 Å². The maximum Gasteiger partial charge on any atom is 0.244 e. The molecule has 1 heterocycles. The molecule has 0 radical (unpaired) electrons. The lowest BCUT2D eigenvalue weighted by Gasteiger charge is -2.36. The van der Waals surface area contributed by atoms with Gasteiger partial charge in [-0.3, -0.25) is 14.6 Å². The molecule has 3 rings (SSSR count). The summed E-state index contributed by atoms with van der Waals surface area (Å²) in [5.74, 6) is 1.57. The van der Waals surface area contributed by atoms with Gasteiger partial charge in [-0.15, -0.1) is 0 Å². The maximum absolute atomic E-state index is 12.5. The number of benzene rings is 2. The van der Waals surface area contributed by atoms with Crippen LogP contribution in [0, 0.1) is 5.82 Å². The number of primary amides is 1. The first-order valence-corrected chi connectivity index (χ1v) is 17.0. The van der Waals surface area contributed by atoms with Gasteiger partial charge in [0.1, 0.15) is 5.82 Å². The van der Waals surface area contributed by atoms with Gasteiger partial charge in [0, 0.05) is 74.3 Å². The molecule has 0 spiro atoms. The fraction of sp³-hybridized carbons (Fsp3) is 0.457. The molecule has 2 aromatic rings. The summed E-state index contributed by atoms with van der Waals surface area (Å²) >= 11 is 7.79. The van der Waals surface area contributed by atoms with Crippen molar-refractivity contribution in [3.8, 4) is 0 Å². The molecule has 2 aromatic carbocycles. The Bertz CT molecular complexity index is 1160. The van der Waals surface area contributed by atoms with E-state index in [1.54, 1.807) is 19.3 Å². The molecule has 1 aliphatic rings. The molecule has 0 unspecified atom stereocenters. The molecule has 2 amide bonds. The van der Waals surface area contributed by atoms with Crippen molar-refractivity contribution in [1.82, 2.24) is 4.90 Å². The normalized spacial score (nSPS) is 13.2. The molecule has 0 saturated carbocycles. The van der Waals surface area contributed by atoms with E-state index in [1.165, 1.54) is 17.7 Å². The quantitative estimate of drug-likeness (QED) is 0.197. The number of rotatable bonds is 11. The van der Waals surface area contributed by atoms with Gasteiger partial charge in [0.15, 0.2) is 0 Å². The second kappa shape index (κ2) is 25.2. The molecule has 2 N–H and O–H groups in total. The number of nitrogens with two attached hydrogens (primary N) is 1. The zero-order valence-electron chi connectivity index (χ0n) is 27.6. The molecule has 1 aliphatic heterocycles. The van der Waals surface area contributed by atoms with Crippen molar-refractivity contribution >= 4 is 47.1 Å². The van der Waals surface area contributed by atoms with E-state index in [9.17, 15) is 14.0 Å². The Hall–Kier alpha value is -3.10. The Kier molecular flexibility index (Phi) is 23.5. The minimum absolute atomic E-state index is 0.0993. The minimum atomic E-state index is -0.460. The van der Waals surface area contributed by atoms with Gasteiger partial charge in [-0.25, -0.2) is 4.39 Å². The van der Waals surface area contributed by atoms with Gasteiger partial charge >= 0.3 is 0 Å². The van der Waals surface area contributed by atoms with Gasteiger partial charge in [0.2, 0.25) is 11.8 Å². The number of thioether (sulfide) groups is 1. The van der Waals surface area contributed by atoms with Gasteiger partial charge in [-0.1, -0.05) is 70.5 Å². The average molecular weight is 647 g/mol. The van der Waals surface area contributed by atoms with E-state index in [0.29, 0.717) is 37.9 Å². The second-order valence-electron chi connectivity index (χ2n) is 9.17. The molecule has 44 heavy (non-hydrogen) atoms. The number of amides is 2. The summed E-state index contributed by atoms with van der Waals surface area (Å²) in [5.41, 5.74) is 9.23. The fourth-order valence-corrected chi connectivity index (χ4v) is 4.82. The van der Waals surface area contributed by atoms with Gasteiger partial charge in [0.05, 0.1) is 0 Å². The van der Waals surface area contributed by atoms with Crippen LogP contribution in [0.3, 0.4) is 0 Å². The highest BCUT2D eigenvalue weighted by Gasteiger charge is 2.21. The predicted molar refractivity (Wildman–Crippen MR) is 190 cm³/mol. The summed E-state index contributed by atoms with van der Waals surface area (Å²) in [5, 5.41) is 0.717. The summed E-state index contributed by atoms with van der Waals surface area (Å²) in [6, 6.07) is 14.4. The number of anilines is 1. The van der Waals surface area contributed by atoms with E-state index in [0.717, 1.165) is 40.9 Å². The van der Waals surface area contributed by atoms with Crippen molar-refractivity contribution in [2.75, 3.05) is 43.9 Å². The Labute approximate surface area is 274 Å². The number of aliphatic imine (C=N–C) groups is 1. The number of piperazine rings is 1. The lowest BCUT2D eigenvalue weighted by atomic mass is 10.0. The topological polar surface area (TPSA) is 79.0 Å². The molecule has 1 fully saturated rings. The molecule has 244 valence electrons. The maximum atomic E-state index is 12.5. The molecule has 0 aliphatic carbocycles. The number of allylic oxidation sites excluding steroid dienone is 3. The van der Waals surface area contributed by atoms with Crippen LogP contribution in [-0.2, 0) is 15.3 Å². The van der Waals surface area contributed by atoms with Crippen LogP contribution >= 0.6 is 23.4 Å². The average Bonchev–Trinajstić information content (AvgIpc) is 3.06. The molecule has 1 saturated heterocycles. The van der Waals surface area contributed by atoms with E-state index < -0.39 is 5.91 Å². The SMILES string of the molecule is C/C=C(\C=NC)C/C(=C/CCC(=O)N1CCN(c2ccc(Cl)cc2)CC1)C(N)=O.CC.CC.CCSCc1ccc(F)cc1. The zero-order valence-corrected chi connectivity index (χ0v) is 29.2. The smallest absolute Gasteiger partial charge is 0.244 e. The largest absolute Gasteiger partial charge is 0.368 e. The van der Waals surface area contributed by atoms with Crippen molar-refractivity contribution in [3.63, 3.8) is 0 Å². The number of hydrogen-bond acceptors (Lipinski definition) is 5. The van der Waals surface area contributed by atoms with E-state index in [-0.39, 0.29) is 11.7 Å². The van der Waals surface area contributed by atoms with Crippen molar-refractivity contribution in [3.05, 3.63) is 88.2 Å². The third kappa shape index (κ3) is 16.7. The predicted octanol–water partition coefficient (Wildman–Crippen LogP) is 8.35. The number of carbonyl (C=O) groups excluding carboxylic acids is 2. The summed E-state index contributed by atoms with van der Waals surface area (Å²) < 4.78 is 12.4. The standard InChI is InChI=1S/C22H29ClN4O2.C9H11FS.2C2H6/c1-3-17(16-25-2)15-18(22(24)29)5-4-6-21(28)27-13-11-26(12-14-27)20-9-7-19(23)8-10-20;1-2-11-7-8-3-5-9(10)6-4-8;2*1-2/h3,5,7-10,16H,4,6,11-15H2,1-2H3,(H2,24,29);3-6H,2,7H2,1H3;2*1-2H3/b17-3-,18-5-,25-16?;;;. The molecular weight excluding hydrogens is 595 g/mol. The summed E-state index contributed by atoms with van der Waals surface area (Å²) in [4.78, 5) is 32.3. The summed E-state index contributed by atoms with van der Waals surface area (Å²) in [6.07, 6.45) is 6.67. The highest BCUT2D eigenvalue weighted by atomic mass is 35.5. The third-order valence-corrected chi connectivity index (χ3v) is 7.53. The first-order valence-electron chi connectivity index (χ1n) is 15.4.